The quantitative estimate of drug-likeness (QED) is 0.329. The van der Waals surface area contributed by atoms with E-state index >= 15 is 0 Å². The van der Waals surface area contributed by atoms with Crippen molar-refractivity contribution in [2.24, 2.45) is 0 Å². The Hall–Kier alpha value is -3.75. The molecule has 0 aliphatic rings. The zero-order valence-electron chi connectivity index (χ0n) is 17.3. The fourth-order valence-corrected chi connectivity index (χ4v) is 3.58. The number of aromatic amines is 1. The lowest BCUT2D eigenvalue weighted by molar-refractivity contribution is 0.0916. The van der Waals surface area contributed by atoms with Gasteiger partial charge in [-0.25, -0.2) is 4.39 Å². The average Bonchev–Trinajstić information content (AvgIpc) is 3.30. The van der Waals surface area contributed by atoms with Crippen LogP contribution in [0.1, 0.15) is 16.1 Å². The molecular weight excluding hydrogens is 447 g/mol. The number of hydrogen-bond acceptors (Lipinski definition) is 5. The Bertz CT molecular complexity index is 1280. The molecule has 0 saturated carbocycles. The van der Waals surface area contributed by atoms with Gasteiger partial charge in [-0.1, -0.05) is 29.8 Å². The van der Waals surface area contributed by atoms with E-state index in [0.717, 1.165) is 5.56 Å². The van der Waals surface area contributed by atoms with Crippen LogP contribution < -0.4 is 5.32 Å². The van der Waals surface area contributed by atoms with Gasteiger partial charge in [0.2, 0.25) is 0 Å². The van der Waals surface area contributed by atoms with Crippen molar-refractivity contribution in [2.45, 2.75) is 12.5 Å². The smallest absolute Gasteiger partial charge is 0.252 e. The van der Waals surface area contributed by atoms with Gasteiger partial charge in [0.1, 0.15) is 11.6 Å². The Morgan fingerprint density at radius 3 is 2.67 bits per heavy atom. The molecule has 1 amide bonds. The number of pyridine rings is 1. The number of rotatable bonds is 7. The van der Waals surface area contributed by atoms with E-state index in [9.17, 15) is 19.4 Å². The summed E-state index contributed by atoms with van der Waals surface area (Å²) in [5.41, 5.74) is 2.13. The van der Waals surface area contributed by atoms with Gasteiger partial charge < -0.3 is 15.5 Å². The molecule has 4 N–H and O–H groups in total. The second kappa shape index (κ2) is 9.81. The van der Waals surface area contributed by atoms with Crippen LogP contribution in [0.5, 0.6) is 5.75 Å². The normalized spacial score (nSPS) is 11.8. The maximum absolute atomic E-state index is 14.8. The van der Waals surface area contributed by atoms with Crippen LogP contribution in [0, 0.1) is 5.82 Å². The molecule has 0 spiro atoms. The largest absolute Gasteiger partial charge is 0.506 e. The maximum Gasteiger partial charge on any atom is 0.252 e. The molecule has 0 bridgehead atoms. The van der Waals surface area contributed by atoms with Crippen molar-refractivity contribution >= 4 is 17.5 Å². The molecule has 1 atom stereocenters. The van der Waals surface area contributed by atoms with Crippen LogP contribution in [0.2, 0.25) is 5.02 Å². The summed E-state index contributed by atoms with van der Waals surface area (Å²) < 4.78 is 14.8. The Labute approximate surface area is 193 Å². The second-order valence-corrected chi connectivity index (χ2v) is 7.80. The first-order chi connectivity index (χ1) is 16.0. The van der Waals surface area contributed by atoms with E-state index in [4.69, 9.17) is 11.6 Å². The number of nitrogens with zero attached hydrogens (tertiary/aromatic N) is 2. The van der Waals surface area contributed by atoms with Crippen LogP contribution in [-0.4, -0.2) is 44.0 Å². The number of aliphatic hydroxyl groups is 1. The maximum atomic E-state index is 14.8. The lowest BCUT2D eigenvalue weighted by atomic mass is 10.0. The van der Waals surface area contributed by atoms with Crippen LogP contribution in [0.4, 0.5) is 4.39 Å². The van der Waals surface area contributed by atoms with Gasteiger partial charge in [0.05, 0.1) is 35.3 Å². The summed E-state index contributed by atoms with van der Waals surface area (Å²) >= 11 is 5.93. The predicted molar refractivity (Wildman–Crippen MR) is 122 cm³/mol. The molecule has 0 radical (unpaired) electrons. The van der Waals surface area contributed by atoms with Crippen molar-refractivity contribution in [3.8, 4) is 28.3 Å². The minimum absolute atomic E-state index is 0.0381. The zero-order valence-corrected chi connectivity index (χ0v) is 18.1. The van der Waals surface area contributed by atoms with Gasteiger partial charge in [0.25, 0.3) is 5.91 Å². The van der Waals surface area contributed by atoms with E-state index in [1.165, 1.54) is 30.5 Å². The van der Waals surface area contributed by atoms with Crippen LogP contribution in [-0.2, 0) is 6.42 Å². The number of aromatic nitrogens is 3. The summed E-state index contributed by atoms with van der Waals surface area (Å²) in [5, 5.41) is 30.0. The van der Waals surface area contributed by atoms with E-state index in [1.807, 2.05) is 0 Å². The summed E-state index contributed by atoms with van der Waals surface area (Å²) in [6, 6.07) is 15.2. The molecule has 0 fully saturated rings. The van der Waals surface area contributed by atoms with Gasteiger partial charge in [-0.2, -0.15) is 5.10 Å². The number of halogens is 2. The number of benzene rings is 2. The molecule has 2 heterocycles. The fraction of sp³-hybridized carbons (Fsp3) is 0.125. The van der Waals surface area contributed by atoms with E-state index in [-0.39, 0.29) is 23.3 Å². The molecule has 2 aromatic heterocycles. The van der Waals surface area contributed by atoms with Crippen molar-refractivity contribution in [3.63, 3.8) is 0 Å². The summed E-state index contributed by atoms with van der Waals surface area (Å²) in [6.45, 7) is -0.392. The molecule has 9 heteroatoms. The Morgan fingerprint density at radius 1 is 1.15 bits per heavy atom. The third-order valence-corrected chi connectivity index (χ3v) is 5.36. The highest BCUT2D eigenvalue weighted by atomic mass is 35.5. The monoisotopic (exact) mass is 466 g/mol. The van der Waals surface area contributed by atoms with E-state index in [1.54, 1.807) is 36.4 Å². The molecule has 7 nitrogen and oxygen atoms in total. The highest BCUT2D eigenvalue weighted by Crippen LogP contribution is 2.29. The second-order valence-electron chi connectivity index (χ2n) is 7.36. The van der Waals surface area contributed by atoms with Gasteiger partial charge in [-0.05, 0) is 42.5 Å². The molecule has 168 valence electrons. The van der Waals surface area contributed by atoms with Crippen LogP contribution in [0.3, 0.4) is 0 Å². The summed E-state index contributed by atoms with van der Waals surface area (Å²) in [4.78, 5) is 17.1. The molecule has 0 aliphatic heterocycles. The zero-order chi connectivity index (χ0) is 23.4. The van der Waals surface area contributed by atoms with Gasteiger partial charge in [-0.3, -0.25) is 14.9 Å². The molecule has 0 saturated heterocycles. The van der Waals surface area contributed by atoms with Crippen molar-refractivity contribution in [1.82, 2.24) is 20.5 Å². The van der Waals surface area contributed by atoms with Gasteiger partial charge in [-0.15, -0.1) is 0 Å². The van der Waals surface area contributed by atoms with Gasteiger partial charge >= 0.3 is 0 Å². The average molecular weight is 467 g/mol. The van der Waals surface area contributed by atoms with E-state index in [2.05, 4.69) is 20.5 Å². The number of carbonyl (C=O) groups is 1. The first kappa shape index (κ1) is 22.4. The van der Waals surface area contributed by atoms with Crippen molar-refractivity contribution < 1.29 is 19.4 Å². The Kier molecular flexibility index (Phi) is 6.67. The van der Waals surface area contributed by atoms with Gasteiger partial charge in [0.15, 0.2) is 0 Å². The van der Waals surface area contributed by atoms with Crippen LogP contribution >= 0.6 is 11.6 Å². The first-order valence-electron chi connectivity index (χ1n) is 10.1. The summed E-state index contributed by atoms with van der Waals surface area (Å²) in [5.74, 6) is -1.22. The molecular formula is C24H20ClFN4O3. The Balaban J connectivity index is 1.60. The van der Waals surface area contributed by atoms with Crippen molar-refractivity contribution in [2.75, 3.05) is 6.61 Å². The highest BCUT2D eigenvalue weighted by molar-refractivity contribution is 6.30. The SMILES string of the molecule is O=C(N[C@@H](CO)Cc1ncccc1O)c1cccc(F)c1-c1cc(-c2ccc(Cl)cc2)n[nH]1. The number of amides is 1. The van der Waals surface area contributed by atoms with E-state index in [0.29, 0.717) is 22.1 Å². The number of aliphatic hydroxyl groups excluding tert-OH is 1. The number of aromatic hydroxyl groups is 1. The first-order valence-corrected chi connectivity index (χ1v) is 10.5. The molecule has 33 heavy (non-hydrogen) atoms. The summed E-state index contributed by atoms with van der Waals surface area (Å²) in [7, 11) is 0. The lowest BCUT2D eigenvalue weighted by Gasteiger charge is -2.18. The predicted octanol–water partition coefficient (Wildman–Crippen LogP) is 3.97. The standard InChI is InChI=1S/C24H20ClFN4O3/c25-15-8-6-14(7-9-15)19-12-21(30-29-19)23-17(3-1-4-18(23)26)24(33)28-16(13-31)11-20-22(32)5-2-10-27-20/h1-10,12,16,31-32H,11,13H2,(H,28,33)(H,29,30)/t16-/m1/s1. The number of H-pyrrole nitrogens is 1. The lowest BCUT2D eigenvalue weighted by Crippen LogP contribution is -2.39. The number of nitrogens with one attached hydrogen (secondary N) is 2. The van der Waals surface area contributed by atoms with Crippen LogP contribution in [0.25, 0.3) is 22.5 Å². The molecule has 4 rings (SSSR count). The van der Waals surface area contributed by atoms with Crippen molar-refractivity contribution in [1.29, 1.82) is 0 Å². The van der Waals surface area contributed by atoms with E-state index < -0.39 is 24.4 Å². The fourth-order valence-electron chi connectivity index (χ4n) is 3.45. The minimum Gasteiger partial charge on any atom is -0.506 e. The molecule has 4 aromatic rings. The molecule has 0 unspecified atom stereocenters. The van der Waals surface area contributed by atoms with Gasteiger partial charge in [0, 0.05) is 28.8 Å². The molecule has 2 aromatic carbocycles. The molecule has 0 aliphatic carbocycles. The van der Waals surface area contributed by atoms with Crippen molar-refractivity contribution in [3.05, 3.63) is 89.0 Å². The van der Waals surface area contributed by atoms with Crippen LogP contribution in [0.15, 0.2) is 66.9 Å². The summed E-state index contributed by atoms with van der Waals surface area (Å²) in [6.07, 6.45) is 1.61. The Morgan fingerprint density at radius 2 is 1.94 bits per heavy atom. The topological polar surface area (TPSA) is 111 Å². The third-order valence-electron chi connectivity index (χ3n) is 5.11. The minimum atomic E-state index is -0.735. The number of carbonyl (C=O) groups excluding carboxylic acids is 1. The third kappa shape index (κ3) is 5.02. The number of hydrogen-bond donors (Lipinski definition) is 4. The highest BCUT2D eigenvalue weighted by Gasteiger charge is 2.22.